The molecule has 72 valence electrons. The van der Waals surface area contributed by atoms with Crippen LogP contribution in [0, 0.1) is 6.92 Å². The zero-order chi connectivity index (χ0) is 9.97. The zero-order valence-electron chi connectivity index (χ0n) is 7.89. The molecule has 0 amide bonds. The maximum absolute atomic E-state index is 5.03. The first-order chi connectivity index (χ1) is 6.79. The largest absolute Gasteiger partial charge is 0.481 e. The van der Waals surface area contributed by atoms with Gasteiger partial charge in [-0.3, -0.25) is 0 Å². The van der Waals surface area contributed by atoms with E-state index in [1.54, 1.807) is 24.6 Å². The Hall–Kier alpha value is -1.49. The predicted octanol–water partition coefficient (Wildman–Crippen LogP) is 1.92. The second-order valence-corrected chi connectivity index (χ2v) is 3.89. The van der Waals surface area contributed by atoms with Crippen LogP contribution in [0.15, 0.2) is 18.3 Å². The van der Waals surface area contributed by atoms with Crippen molar-refractivity contribution < 1.29 is 4.74 Å². The minimum Gasteiger partial charge on any atom is -0.481 e. The number of aryl methyl sites for hydroxylation is 1. The predicted molar refractivity (Wildman–Crippen MR) is 54.4 cm³/mol. The molecule has 4 nitrogen and oxygen atoms in total. The molecule has 0 spiro atoms. The summed E-state index contributed by atoms with van der Waals surface area (Å²) in [6.07, 6.45) is 1.70. The lowest BCUT2D eigenvalue weighted by Gasteiger charge is -1.98. The highest BCUT2D eigenvalue weighted by Gasteiger charge is 2.04. The average molecular weight is 207 g/mol. The molecule has 0 radical (unpaired) electrons. The van der Waals surface area contributed by atoms with Crippen LogP contribution >= 0.6 is 11.3 Å². The maximum atomic E-state index is 5.03. The summed E-state index contributed by atoms with van der Waals surface area (Å²) in [5.74, 6) is 0.593. The molecule has 5 heteroatoms. The third-order valence-corrected chi connectivity index (χ3v) is 2.60. The Balaban J connectivity index is 2.41. The molecule has 0 atom stereocenters. The fourth-order valence-electron chi connectivity index (χ4n) is 1.07. The molecule has 0 aliphatic heterocycles. The van der Waals surface area contributed by atoms with E-state index in [2.05, 4.69) is 15.2 Å². The summed E-state index contributed by atoms with van der Waals surface area (Å²) in [4.78, 5) is 4.02. The fraction of sp³-hybridized carbons (Fsp3) is 0.222. The van der Waals surface area contributed by atoms with Gasteiger partial charge in [-0.15, -0.1) is 10.2 Å². The molecule has 2 rings (SSSR count). The normalized spacial score (nSPS) is 10.1. The minimum atomic E-state index is 0.593. The molecule has 0 aromatic carbocycles. The highest BCUT2D eigenvalue weighted by atomic mass is 32.1. The number of ether oxygens (including phenoxy) is 1. The van der Waals surface area contributed by atoms with Gasteiger partial charge in [0.25, 0.3) is 0 Å². The lowest BCUT2D eigenvalue weighted by Crippen LogP contribution is -1.87. The fourth-order valence-corrected chi connectivity index (χ4v) is 1.76. The van der Waals surface area contributed by atoms with Gasteiger partial charge in [-0.1, -0.05) is 11.3 Å². The second-order valence-electron chi connectivity index (χ2n) is 2.71. The van der Waals surface area contributed by atoms with Gasteiger partial charge in [0.2, 0.25) is 5.88 Å². The van der Waals surface area contributed by atoms with Gasteiger partial charge in [0, 0.05) is 17.8 Å². The minimum absolute atomic E-state index is 0.593. The molecule has 0 fully saturated rings. The van der Waals surface area contributed by atoms with E-state index in [0.29, 0.717) is 5.88 Å². The van der Waals surface area contributed by atoms with Crippen molar-refractivity contribution in [2.24, 2.45) is 0 Å². The van der Waals surface area contributed by atoms with Crippen LogP contribution in [-0.2, 0) is 0 Å². The molecular weight excluding hydrogens is 198 g/mol. The standard InChI is InChI=1S/C9H9N3OS/c1-6-11-12-9(14-6)7-3-4-10-8(5-7)13-2/h3-5H,1-2H3. The molecule has 0 aliphatic carbocycles. The van der Waals surface area contributed by atoms with Crippen molar-refractivity contribution in [1.29, 1.82) is 0 Å². The van der Waals surface area contributed by atoms with Gasteiger partial charge in [0.1, 0.15) is 10.0 Å². The summed E-state index contributed by atoms with van der Waals surface area (Å²) in [7, 11) is 1.59. The summed E-state index contributed by atoms with van der Waals surface area (Å²) in [6.45, 7) is 1.93. The number of aromatic nitrogens is 3. The van der Waals surface area contributed by atoms with E-state index < -0.39 is 0 Å². The van der Waals surface area contributed by atoms with Crippen LogP contribution in [0.2, 0.25) is 0 Å². The first-order valence-corrected chi connectivity index (χ1v) is 4.92. The Morgan fingerprint density at radius 1 is 1.36 bits per heavy atom. The van der Waals surface area contributed by atoms with Crippen LogP contribution in [0.4, 0.5) is 0 Å². The Morgan fingerprint density at radius 2 is 2.21 bits per heavy atom. The van der Waals surface area contributed by atoms with E-state index in [9.17, 15) is 0 Å². The van der Waals surface area contributed by atoms with Gasteiger partial charge in [-0.05, 0) is 13.0 Å². The van der Waals surface area contributed by atoms with E-state index in [1.165, 1.54) is 0 Å². The van der Waals surface area contributed by atoms with Gasteiger partial charge < -0.3 is 4.74 Å². The highest BCUT2D eigenvalue weighted by Crippen LogP contribution is 2.24. The molecule has 2 aromatic heterocycles. The second kappa shape index (κ2) is 3.71. The van der Waals surface area contributed by atoms with Crippen LogP contribution in [0.1, 0.15) is 5.01 Å². The molecule has 0 N–H and O–H groups in total. The Bertz CT molecular complexity index is 441. The van der Waals surface area contributed by atoms with Crippen molar-refractivity contribution in [2.75, 3.05) is 7.11 Å². The Morgan fingerprint density at radius 3 is 2.86 bits per heavy atom. The third kappa shape index (κ3) is 1.72. The number of nitrogens with zero attached hydrogens (tertiary/aromatic N) is 3. The summed E-state index contributed by atoms with van der Waals surface area (Å²) in [5, 5.41) is 9.85. The van der Waals surface area contributed by atoms with Gasteiger partial charge in [0.15, 0.2) is 0 Å². The van der Waals surface area contributed by atoms with E-state index in [0.717, 1.165) is 15.6 Å². The van der Waals surface area contributed by atoms with Crippen molar-refractivity contribution in [3.63, 3.8) is 0 Å². The molecule has 14 heavy (non-hydrogen) atoms. The van der Waals surface area contributed by atoms with Crippen LogP contribution < -0.4 is 4.74 Å². The topological polar surface area (TPSA) is 47.9 Å². The number of methoxy groups -OCH3 is 1. The van der Waals surface area contributed by atoms with Crippen molar-refractivity contribution in [3.8, 4) is 16.5 Å². The van der Waals surface area contributed by atoms with Crippen molar-refractivity contribution in [2.45, 2.75) is 6.92 Å². The lowest BCUT2D eigenvalue weighted by molar-refractivity contribution is 0.398. The van der Waals surface area contributed by atoms with Gasteiger partial charge in [0.05, 0.1) is 7.11 Å². The van der Waals surface area contributed by atoms with E-state index in [4.69, 9.17) is 4.74 Å². The SMILES string of the molecule is COc1cc(-c2nnc(C)s2)ccn1. The van der Waals surface area contributed by atoms with E-state index in [-0.39, 0.29) is 0 Å². The molecule has 0 unspecified atom stereocenters. The summed E-state index contributed by atoms with van der Waals surface area (Å²) >= 11 is 1.55. The van der Waals surface area contributed by atoms with Crippen LogP contribution in [0.25, 0.3) is 10.6 Å². The number of hydrogen-bond acceptors (Lipinski definition) is 5. The van der Waals surface area contributed by atoms with Crippen molar-refractivity contribution >= 4 is 11.3 Å². The molecule has 2 heterocycles. The number of rotatable bonds is 2. The molecular formula is C9H9N3OS. The van der Waals surface area contributed by atoms with Crippen LogP contribution in [0.5, 0.6) is 5.88 Å². The smallest absolute Gasteiger partial charge is 0.213 e. The Kier molecular flexibility index (Phi) is 2.41. The first kappa shape index (κ1) is 9.08. The molecule has 0 bridgehead atoms. The Labute approximate surface area is 85.6 Å². The number of hydrogen-bond donors (Lipinski definition) is 0. The molecule has 0 saturated heterocycles. The van der Waals surface area contributed by atoms with E-state index >= 15 is 0 Å². The van der Waals surface area contributed by atoms with Crippen molar-refractivity contribution in [1.82, 2.24) is 15.2 Å². The van der Waals surface area contributed by atoms with Gasteiger partial charge in [-0.25, -0.2) is 4.98 Å². The quantitative estimate of drug-likeness (QED) is 0.754. The maximum Gasteiger partial charge on any atom is 0.213 e. The van der Waals surface area contributed by atoms with E-state index in [1.807, 2.05) is 19.1 Å². The monoisotopic (exact) mass is 207 g/mol. The number of pyridine rings is 1. The summed E-state index contributed by atoms with van der Waals surface area (Å²) in [5.41, 5.74) is 0.988. The third-order valence-electron chi connectivity index (χ3n) is 1.72. The van der Waals surface area contributed by atoms with Gasteiger partial charge in [-0.2, -0.15) is 0 Å². The molecule has 2 aromatic rings. The lowest BCUT2D eigenvalue weighted by atomic mass is 10.3. The summed E-state index contributed by atoms with van der Waals surface area (Å²) in [6, 6.07) is 3.74. The van der Waals surface area contributed by atoms with Crippen molar-refractivity contribution in [3.05, 3.63) is 23.3 Å². The van der Waals surface area contributed by atoms with Crippen LogP contribution in [-0.4, -0.2) is 22.3 Å². The molecule has 0 aliphatic rings. The summed E-state index contributed by atoms with van der Waals surface area (Å²) < 4.78 is 5.03. The van der Waals surface area contributed by atoms with Crippen LogP contribution in [0.3, 0.4) is 0 Å². The highest BCUT2D eigenvalue weighted by molar-refractivity contribution is 7.14. The molecule has 0 saturated carbocycles. The average Bonchev–Trinajstić information content (AvgIpc) is 2.65. The zero-order valence-corrected chi connectivity index (χ0v) is 8.71. The van der Waals surface area contributed by atoms with Gasteiger partial charge >= 0.3 is 0 Å². The first-order valence-electron chi connectivity index (χ1n) is 4.10.